The molecule has 2 rings (SSSR count). The molecule has 0 saturated heterocycles. The molecule has 1 aliphatic rings. The highest BCUT2D eigenvalue weighted by Gasteiger charge is 2.21. The van der Waals surface area contributed by atoms with Gasteiger partial charge in [0, 0.05) is 18.0 Å². The molecule has 0 fully saturated rings. The standard InChI is InChI=1S/C11H15NO2/c1-2-7-5-8(13)6-9-10(12)3-4-14-11(7)9/h5-6,10,13H,2-4,12H2,1H3/t10-/m0/s1. The van der Waals surface area contributed by atoms with Crippen molar-refractivity contribution in [2.24, 2.45) is 5.73 Å². The van der Waals surface area contributed by atoms with Crippen LogP contribution in [0.4, 0.5) is 0 Å². The van der Waals surface area contributed by atoms with E-state index in [9.17, 15) is 5.11 Å². The Labute approximate surface area is 83.5 Å². The van der Waals surface area contributed by atoms with E-state index in [2.05, 4.69) is 0 Å². The number of ether oxygens (including phenoxy) is 1. The van der Waals surface area contributed by atoms with E-state index in [1.807, 2.05) is 6.92 Å². The van der Waals surface area contributed by atoms with Gasteiger partial charge in [-0.25, -0.2) is 0 Å². The lowest BCUT2D eigenvalue weighted by Gasteiger charge is -2.25. The summed E-state index contributed by atoms with van der Waals surface area (Å²) in [5.74, 6) is 1.16. The minimum absolute atomic E-state index is 0.00356. The zero-order chi connectivity index (χ0) is 10.1. The summed E-state index contributed by atoms with van der Waals surface area (Å²) in [4.78, 5) is 0. The number of hydrogen-bond acceptors (Lipinski definition) is 3. The topological polar surface area (TPSA) is 55.5 Å². The van der Waals surface area contributed by atoms with Crippen LogP contribution in [0.25, 0.3) is 0 Å². The molecular formula is C11H15NO2. The Hall–Kier alpha value is -1.22. The Bertz CT molecular complexity index is 349. The van der Waals surface area contributed by atoms with Crippen LogP contribution in [0.5, 0.6) is 11.5 Å². The highest BCUT2D eigenvalue weighted by molar-refractivity contribution is 5.49. The number of aryl methyl sites for hydroxylation is 1. The first-order chi connectivity index (χ1) is 6.72. The number of phenols is 1. The first-order valence-electron chi connectivity index (χ1n) is 4.96. The van der Waals surface area contributed by atoms with Crippen molar-refractivity contribution in [1.82, 2.24) is 0 Å². The number of rotatable bonds is 1. The van der Waals surface area contributed by atoms with Crippen molar-refractivity contribution in [1.29, 1.82) is 0 Å². The normalized spacial score (nSPS) is 20.0. The molecule has 0 aliphatic carbocycles. The lowest BCUT2D eigenvalue weighted by Crippen LogP contribution is -2.21. The lowest BCUT2D eigenvalue weighted by atomic mass is 9.97. The summed E-state index contributed by atoms with van der Waals surface area (Å²) in [7, 11) is 0. The van der Waals surface area contributed by atoms with Crippen molar-refractivity contribution in [2.45, 2.75) is 25.8 Å². The van der Waals surface area contributed by atoms with Gasteiger partial charge in [-0.1, -0.05) is 6.92 Å². The summed E-state index contributed by atoms with van der Waals surface area (Å²) in [5.41, 5.74) is 7.92. The molecule has 1 aromatic rings. The van der Waals surface area contributed by atoms with Gasteiger partial charge in [-0.3, -0.25) is 0 Å². The van der Waals surface area contributed by atoms with E-state index in [1.54, 1.807) is 12.1 Å². The van der Waals surface area contributed by atoms with Gasteiger partial charge in [0.25, 0.3) is 0 Å². The van der Waals surface area contributed by atoms with Crippen LogP contribution in [0.3, 0.4) is 0 Å². The molecule has 3 nitrogen and oxygen atoms in total. The molecular weight excluding hydrogens is 178 g/mol. The maximum Gasteiger partial charge on any atom is 0.127 e. The maximum absolute atomic E-state index is 9.51. The van der Waals surface area contributed by atoms with Crippen molar-refractivity contribution in [3.05, 3.63) is 23.3 Å². The van der Waals surface area contributed by atoms with Crippen molar-refractivity contribution < 1.29 is 9.84 Å². The highest BCUT2D eigenvalue weighted by atomic mass is 16.5. The van der Waals surface area contributed by atoms with E-state index in [4.69, 9.17) is 10.5 Å². The fourth-order valence-electron chi connectivity index (χ4n) is 1.85. The SMILES string of the molecule is CCc1cc(O)cc2c1OCC[C@@H]2N. The smallest absolute Gasteiger partial charge is 0.127 e. The predicted octanol–water partition coefficient (Wildman–Crippen LogP) is 1.74. The van der Waals surface area contributed by atoms with Crippen LogP contribution < -0.4 is 10.5 Å². The summed E-state index contributed by atoms with van der Waals surface area (Å²) in [6.45, 7) is 2.71. The Kier molecular flexibility index (Phi) is 2.33. The summed E-state index contributed by atoms with van der Waals surface area (Å²) >= 11 is 0. The van der Waals surface area contributed by atoms with Crippen molar-refractivity contribution in [2.75, 3.05) is 6.61 Å². The molecule has 0 amide bonds. The molecule has 1 aromatic carbocycles. The van der Waals surface area contributed by atoms with E-state index < -0.39 is 0 Å². The summed E-state index contributed by atoms with van der Waals surface area (Å²) in [6, 6.07) is 3.45. The second kappa shape index (κ2) is 3.50. The summed E-state index contributed by atoms with van der Waals surface area (Å²) in [5, 5.41) is 9.51. The molecule has 0 saturated carbocycles. The highest BCUT2D eigenvalue weighted by Crippen LogP contribution is 2.36. The molecule has 76 valence electrons. The number of benzene rings is 1. The van der Waals surface area contributed by atoms with Crippen molar-refractivity contribution in [3.63, 3.8) is 0 Å². The number of phenolic OH excluding ortho intramolecular Hbond substituents is 1. The number of nitrogens with two attached hydrogens (primary N) is 1. The monoisotopic (exact) mass is 193 g/mol. The van der Waals surface area contributed by atoms with Crippen molar-refractivity contribution >= 4 is 0 Å². The molecule has 1 atom stereocenters. The first-order valence-corrected chi connectivity index (χ1v) is 4.96. The lowest BCUT2D eigenvalue weighted by molar-refractivity contribution is 0.265. The Morgan fingerprint density at radius 1 is 1.57 bits per heavy atom. The van der Waals surface area contributed by atoms with Gasteiger partial charge < -0.3 is 15.6 Å². The molecule has 0 radical (unpaired) electrons. The van der Waals surface area contributed by atoms with Gasteiger partial charge >= 0.3 is 0 Å². The van der Waals surface area contributed by atoms with E-state index in [0.29, 0.717) is 6.61 Å². The predicted molar refractivity (Wildman–Crippen MR) is 54.5 cm³/mol. The first kappa shape index (κ1) is 9.34. The molecule has 3 heteroatoms. The third kappa shape index (κ3) is 1.44. The number of hydrogen-bond donors (Lipinski definition) is 2. The maximum atomic E-state index is 9.51. The third-order valence-electron chi connectivity index (χ3n) is 2.63. The van der Waals surface area contributed by atoms with Crippen molar-refractivity contribution in [3.8, 4) is 11.5 Å². The number of fused-ring (bicyclic) bond motifs is 1. The molecule has 14 heavy (non-hydrogen) atoms. The van der Waals surface area contributed by atoms with Gasteiger partial charge in [-0.2, -0.15) is 0 Å². The number of aromatic hydroxyl groups is 1. The van der Waals surface area contributed by atoms with E-state index >= 15 is 0 Å². The fourth-order valence-corrected chi connectivity index (χ4v) is 1.85. The van der Waals surface area contributed by atoms with Gasteiger partial charge in [0.1, 0.15) is 11.5 Å². The van der Waals surface area contributed by atoms with Gasteiger partial charge in [0.15, 0.2) is 0 Å². The Morgan fingerprint density at radius 3 is 3.07 bits per heavy atom. The average Bonchev–Trinajstić information content (AvgIpc) is 2.18. The van der Waals surface area contributed by atoms with E-state index in [1.165, 1.54) is 0 Å². The second-order valence-electron chi connectivity index (χ2n) is 3.62. The zero-order valence-electron chi connectivity index (χ0n) is 8.29. The third-order valence-corrected chi connectivity index (χ3v) is 2.63. The molecule has 1 aliphatic heterocycles. The van der Waals surface area contributed by atoms with Gasteiger partial charge in [-0.05, 0) is 24.1 Å². The van der Waals surface area contributed by atoms with Crippen LogP contribution >= 0.6 is 0 Å². The largest absolute Gasteiger partial charge is 0.508 e. The van der Waals surface area contributed by atoms with E-state index in [-0.39, 0.29) is 11.8 Å². The van der Waals surface area contributed by atoms with E-state index in [0.717, 1.165) is 29.7 Å². The quantitative estimate of drug-likeness (QED) is 0.714. The molecule has 3 N–H and O–H groups in total. The molecule has 1 heterocycles. The van der Waals surface area contributed by atoms with Gasteiger partial charge in [0.2, 0.25) is 0 Å². The van der Waals surface area contributed by atoms with Crippen LogP contribution in [0.1, 0.15) is 30.5 Å². The summed E-state index contributed by atoms with van der Waals surface area (Å²) in [6.07, 6.45) is 1.67. The molecule has 0 aromatic heterocycles. The zero-order valence-corrected chi connectivity index (χ0v) is 8.29. The molecule has 0 unspecified atom stereocenters. The van der Waals surface area contributed by atoms with Crippen LogP contribution in [-0.2, 0) is 6.42 Å². The molecule has 0 spiro atoms. The Balaban J connectivity index is 2.54. The van der Waals surface area contributed by atoms with Crippen LogP contribution in [0.2, 0.25) is 0 Å². The average molecular weight is 193 g/mol. The van der Waals surface area contributed by atoms with Crippen LogP contribution in [0, 0.1) is 0 Å². The minimum Gasteiger partial charge on any atom is -0.508 e. The van der Waals surface area contributed by atoms with Crippen LogP contribution in [-0.4, -0.2) is 11.7 Å². The van der Waals surface area contributed by atoms with Gasteiger partial charge in [-0.15, -0.1) is 0 Å². The second-order valence-corrected chi connectivity index (χ2v) is 3.62. The Morgan fingerprint density at radius 2 is 2.36 bits per heavy atom. The fraction of sp³-hybridized carbons (Fsp3) is 0.455. The van der Waals surface area contributed by atoms with Gasteiger partial charge in [0.05, 0.1) is 6.61 Å². The summed E-state index contributed by atoms with van der Waals surface area (Å²) < 4.78 is 5.58. The minimum atomic E-state index is -0.00356. The van der Waals surface area contributed by atoms with Crippen LogP contribution in [0.15, 0.2) is 12.1 Å². The molecule has 0 bridgehead atoms.